The van der Waals surface area contributed by atoms with Gasteiger partial charge in [-0.05, 0) is 62.6 Å². The summed E-state index contributed by atoms with van der Waals surface area (Å²) in [5, 5.41) is 4.55. The number of hydrogen-bond donors (Lipinski definition) is 0. The van der Waals surface area contributed by atoms with E-state index in [1.807, 2.05) is 11.7 Å². The van der Waals surface area contributed by atoms with Crippen molar-refractivity contribution in [2.24, 2.45) is 7.05 Å². The number of rotatable bonds is 3. The summed E-state index contributed by atoms with van der Waals surface area (Å²) >= 11 is 0. The third kappa shape index (κ3) is 2.88. The van der Waals surface area contributed by atoms with Crippen molar-refractivity contribution < 1.29 is 4.79 Å². The number of benzene rings is 1. The normalized spacial score (nSPS) is 19.5. The molecule has 4 rings (SSSR count). The molecule has 132 valence electrons. The summed E-state index contributed by atoms with van der Waals surface area (Å²) in [7, 11) is 1.98. The number of nitrogens with zero attached hydrogens (tertiary/aromatic N) is 3. The molecule has 1 aliphatic heterocycles. The van der Waals surface area contributed by atoms with Crippen molar-refractivity contribution in [2.75, 3.05) is 6.54 Å². The molecule has 1 fully saturated rings. The molecular formula is C21H27N3O. The van der Waals surface area contributed by atoms with Crippen LogP contribution in [0.3, 0.4) is 0 Å². The summed E-state index contributed by atoms with van der Waals surface area (Å²) in [6, 6.07) is 6.82. The van der Waals surface area contributed by atoms with Gasteiger partial charge in [-0.2, -0.15) is 5.10 Å². The van der Waals surface area contributed by atoms with E-state index in [9.17, 15) is 4.79 Å². The van der Waals surface area contributed by atoms with E-state index in [1.54, 1.807) is 0 Å². The zero-order valence-corrected chi connectivity index (χ0v) is 15.5. The van der Waals surface area contributed by atoms with Crippen LogP contribution < -0.4 is 0 Å². The average molecular weight is 337 g/mol. The van der Waals surface area contributed by atoms with Gasteiger partial charge in [-0.15, -0.1) is 0 Å². The molecule has 1 unspecified atom stereocenters. The minimum atomic E-state index is 0.190. The largest absolute Gasteiger partial charge is 0.335 e. The lowest BCUT2D eigenvalue weighted by Crippen LogP contribution is -2.32. The second kappa shape index (κ2) is 6.32. The van der Waals surface area contributed by atoms with Gasteiger partial charge >= 0.3 is 0 Å². The van der Waals surface area contributed by atoms with E-state index in [2.05, 4.69) is 42.0 Å². The summed E-state index contributed by atoms with van der Waals surface area (Å²) in [6.45, 7) is 5.03. The molecule has 0 bridgehead atoms. The van der Waals surface area contributed by atoms with Crippen LogP contribution in [0.4, 0.5) is 0 Å². The molecule has 2 heterocycles. The van der Waals surface area contributed by atoms with Gasteiger partial charge in [0.05, 0.1) is 18.2 Å². The quantitative estimate of drug-likeness (QED) is 0.860. The van der Waals surface area contributed by atoms with Crippen LogP contribution in [0.1, 0.15) is 58.9 Å². The van der Waals surface area contributed by atoms with E-state index in [0.717, 1.165) is 37.1 Å². The Morgan fingerprint density at radius 1 is 1.20 bits per heavy atom. The van der Waals surface area contributed by atoms with Crippen LogP contribution in [-0.4, -0.2) is 27.1 Å². The van der Waals surface area contributed by atoms with Crippen LogP contribution in [0, 0.1) is 13.8 Å². The zero-order chi connectivity index (χ0) is 17.6. The fourth-order valence-corrected chi connectivity index (χ4v) is 4.65. The number of likely N-dealkylation sites (tertiary alicyclic amines) is 1. The van der Waals surface area contributed by atoms with Gasteiger partial charge in [0.25, 0.3) is 0 Å². The van der Waals surface area contributed by atoms with Crippen molar-refractivity contribution in [1.82, 2.24) is 14.7 Å². The van der Waals surface area contributed by atoms with E-state index in [0.29, 0.717) is 6.42 Å². The molecule has 0 spiro atoms. The maximum Gasteiger partial charge on any atom is 0.227 e. The molecule has 0 saturated carbocycles. The Morgan fingerprint density at radius 3 is 2.76 bits per heavy atom. The van der Waals surface area contributed by atoms with Crippen molar-refractivity contribution >= 4 is 5.91 Å². The lowest BCUT2D eigenvalue weighted by Gasteiger charge is -2.25. The third-order valence-electron chi connectivity index (χ3n) is 5.99. The average Bonchev–Trinajstić information content (AvgIpc) is 3.27. The predicted octanol–water partition coefficient (Wildman–Crippen LogP) is 3.43. The van der Waals surface area contributed by atoms with Crippen molar-refractivity contribution in [2.45, 2.75) is 58.4 Å². The molecular weight excluding hydrogens is 310 g/mol. The smallest absolute Gasteiger partial charge is 0.227 e. The summed E-state index contributed by atoms with van der Waals surface area (Å²) in [6.07, 6.45) is 6.25. The first-order valence-electron chi connectivity index (χ1n) is 9.45. The Balaban J connectivity index is 1.55. The van der Waals surface area contributed by atoms with Gasteiger partial charge in [0.1, 0.15) is 0 Å². The Labute approximate surface area is 149 Å². The molecule has 0 radical (unpaired) electrons. The highest BCUT2D eigenvalue weighted by Crippen LogP contribution is 2.36. The van der Waals surface area contributed by atoms with Crippen LogP contribution >= 0.6 is 0 Å². The molecule has 2 aromatic rings. The first-order valence-corrected chi connectivity index (χ1v) is 9.45. The van der Waals surface area contributed by atoms with Crippen molar-refractivity contribution in [1.29, 1.82) is 0 Å². The molecule has 4 nitrogen and oxygen atoms in total. The van der Waals surface area contributed by atoms with Crippen LogP contribution in [0.25, 0.3) is 0 Å². The highest BCUT2D eigenvalue weighted by molar-refractivity contribution is 5.79. The molecule has 0 N–H and O–H groups in total. The molecule has 1 saturated heterocycles. The summed E-state index contributed by atoms with van der Waals surface area (Å²) < 4.78 is 1.94. The van der Waals surface area contributed by atoms with E-state index in [-0.39, 0.29) is 11.9 Å². The van der Waals surface area contributed by atoms with Gasteiger partial charge in [-0.25, -0.2) is 0 Å². The lowest BCUT2D eigenvalue weighted by molar-refractivity contribution is -0.131. The van der Waals surface area contributed by atoms with Gasteiger partial charge < -0.3 is 4.90 Å². The molecule has 1 atom stereocenters. The highest BCUT2D eigenvalue weighted by atomic mass is 16.2. The Hall–Kier alpha value is -2.10. The fourth-order valence-electron chi connectivity index (χ4n) is 4.65. The van der Waals surface area contributed by atoms with E-state index in [1.165, 1.54) is 35.2 Å². The number of fused-ring (bicyclic) bond motifs is 1. The molecule has 4 heteroatoms. The number of hydrogen-bond acceptors (Lipinski definition) is 2. The molecule has 1 aliphatic carbocycles. The van der Waals surface area contributed by atoms with Gasteiger partial charge in [-0.1, -0.05) is 18.2 Å². The van der Waals surface area contributed by atoms with Crippen LogP contribution in [-0.2, 0) is 31.1 Å². The number of carbonyl (C=O) groups is 1. The van der Waals surface area contributed by atoms with E-state index >= 15 is 0 Å². The van der Waals surface area contributed by atoms with Crippen molar-refractivity contribution in [3.8, 4) is 0 Å². The summed E-state index contributed by atoms with van der Waals surface area (Å²) in [4.78, 5) is 15.1. The second-order valence-electron chi connectivity index (χ2n) is 7.59. The molecule has 1 aromatic heterocycles. The Morgan fingerprint density at radius 2 is 2.00 bits per heavy atom. The Kier molecular flexibility index (Phi) is 4.14. The van der Waals surface area contributed by atoms with E-state index in [4.69, 9.17) is 0 Å². The molecule has 2 aliphatic rings. The number of aromatic nitrogens is 2. The van der Waals surface area contributed by atoms with Crippen LogP contribution in [0.2, 0.25) is 0 Å². The summed E-state index contributed by atoms with van der Waals surface area (Å²) in [5.74, 6) is 0.253. The second-order valence-corrected chi connectivity index (χ2v) is 7.59. The van der Waals surface area contributed by atoms with Gasteiger partial charge in [0.15, 0.2) is 0 Å². The standard InChI is InChI=1S/C21H27N3O/c1-14-21(15(2)23(3)22-14)19-8-5-11-24(19)20(25)13-16-9-10-17-6-4-7-18(17)12-16/h9-10,12,19H,4-8,11,13H2,1-3H3. The van der Waals surface area contributed by atoms with E-state index < -0.39 is 0 Å². The van der Waals surface area contributed by atoms with Crippen molar-refractivity contribution in [3.63, 3.8) is 0 Å². The lowest BCUT2D eigenvalue weighted by atomic mass is 10.0. The van der Waals surface area contributed by atoms with Crippen LogP contribution in [0.5, 0.6) is 0 Å². The first kappa shape index (κ1) is 16.4. The molecule has 1 amide bonds. The minimum absolute atomic E-state index is 0.190. The summed E-state index contributed by atoms with van der Waals surface area (Å²) in [5.41, 5.74) is 7.57. The number of aryl methyl sites for hydroxylation is 4. The van der Waals surface area contributed by atoms with Crippen molar-refractivity contribution in [3.05, 3.63) is 51.8 Å². The first-order chi connectivity index (χ1) is 12.0. The third-order valence-corrected chi connectivity index (χ3v) is 5.99. The SMILES string of the molecule is Cc1nn(C)c(C)c1C1CCCN1C(=O)Cc1ccc2c(c1)CCC2. The predicted molar refractivity (Wildman–Crippen MR) is 98.5 cm³/mol. The fraction of sp³-hybridized carbons (Fsp3) is 0.524. The minimum Gasteiger partial charge on any atom is -0.335 e. The number of amides is 1. The monoisotopic (exact) mass is 337 g/mol. The Bertz CT molecular complexity index is 821. The molecule has 25 heavy (non-hydrogen) atoms. The van der Waals surface area contributed by atoms with Gasteiger partial charge in [0, 0.05) is 24.8 Å². The van der Waals surface area contributed by atoms with Crippen LogP contribution in [0.15, 0.2) is 18.2 Å². The zero-order valence-electron chi connectivity index (χ0n) is 15.5. The maximum atomic E-state index is 13.0. The van der Waals surface area contributed by atoms with Gasteiger partial charge in [-0.3, -0.25) is 9.48 Å². The number of carbonyl (C=O) groups excluding carboxylic acids is 1. The molecule has 1 aromatic carbocycles. The topological polar surface area (TPSA) is 38.1 Å². The maximum absolute atomic E-state index is 13.0. The van der Waals surface area contributed by atoms with Gasteiger partial charge in [0.2, 0.25) is 5.91 Å². The highest BCUT2D eigenvalue weighted by Gasteiger charge is 2.33.